The van der Waals surface area contributed by atoms with E-state index in [1.165, 1.54) is 17.3 Å². The van der Waals surface area contributed by atoms with Gasteiger partial charge in [-0.2, -0.15) is 0 Å². The molecule has 136 valence electrons. The maximum absolute atomic E-state index is 7.54. The standard InChI is InChI=1S/C25H20N2O/c1-15-10-12-21(26-14-15)20-9-5-8-18-19-11-13-22(27-25(19)28-24(18)20)23-16(2)6-4-7-17(23)3/h4-14H,1-3H3/i1D3. The predicted octanol–water partition coefficient (Wildman–Crippen LogP) is 6.64. The zero-order chi connectivity index (χ0) is 21.8. The molecular formula is C25H20N2O. The second-order valence-corrected chi connectivity index (χ2v) is 7.03. The highest BCUT2D eigenvalue weighted by molar-refractivity contribution is 6.08. The Morgan fingerprint density at radius 1 is 0.821 bits per heavy atom. The second kappa shape index (κ2) is 6.31. The summed E-state index contributed by atoms with van der Waals surface area (Å²) in [6.45, 7) is 1.99. The third-order valence-corrected chi connectivity index (χ3v) is 5.14. The van der Waals surface area contributed by atoms with Gasteiger partial charge in [-0.05, 0) is 61.7 Å². The zero-order valence-electron chi connectivity index (χ0n) is 18.7. The molecule has 2 aromatic carbocycles. The highest BCUT2D eigenvalue weighted by Gasteiger charge is 2.15. The molecule has 0 atom stereocenters. The third kappa shape index (κ3) is 2.59. The molecule has 3 nitrogen and oxygen atoms in total. The van der Waals surface area contributed by atoms with Crippen LogP contribution in [0.2, 0.25) is 0 Å². The van der Waals surface area contributed by atoms with E-state index in [2.05, 4.69) is 31.0 Å². The van der Waals surface area contributed by atoms with Gasteiger partial charge in [-0.15, -0.1) is 0 Å². The first kappa shape index (κ1) is 13.7. The Morgan fingerprint density at radius 2 is 1.61 bits per heavy atom. The maximum atomic E-state index is 7.54. The van der Waals surface area contributed by atoms with Crippen molar-refractivity contribution in [3.8, 4) is 22.5 Å². The van der Waals surface area contributed by atoms with Crippen LogP contribution in [0.4, 0.5) is 0 Å². The molecular weight excluding hydrogens is 344 g/mol. The van der Waals surface area contributed by atoms with Crippen LogP contribution in [0.5, 0.6) is 0 Å². The van der Waals surface area contributed by atoms with E-state index < -0.39 is 6.85 Å². The normalized spacial score (nSPS) is 13.4. The van der Waals surface area contributed by atoms with E-state index in [1.54, 1.807) is 12.1 Å². The summed E-state index contributed by atoms with van der Waals surface area (Å²) in [6, 6.07) is 19.5. The van der Waals surface area contributed by atoms with E-state index in [0.717, 1.165) is 27.6 Å². The van der Waals surface area contributed by atoms with E-state index >= 15 is 0 Å². The molecule has 5 aromatic rings. The lowest BCUT2D eigenvalue weighted by Crippen LogP contribution is -1.90. The van der Waals surface area contributed by atoms with E-state index in [4.69, 9.17) is 13.5 Å². The first-order chi connectivity index (χ1) is 14.8. The average molecular weight is 367 g/mol. The number of aryl methyl sites for hydroxylation is 3. The molecule has 28 heavy (non-hydrogen) atoms. The van der Waals surface area contributed by atoms with Crippen molar-refractivity contribution in [2.24, 2.45) is 0 Å². The number of rotatable bonds is 2. The fourth-order valence-electron chi connectivity index (χ4n) is 3.79. The molecule has 0 bridgehead atoms. The van der Waals surface area contributed by atoms with E-state index in [-0.39, 0.29) is 5.56 Å². The number of furan rings is 1. The van der Waals surface area contributed by atoms with Crippen LogP contribution in [-0.2, 0) is 0 Å². The van der Waals surface area contributed by atoms with Gasteiger partial charge in [-0.3, -0.25) is 4.98 Å². The van der Waals surface area contributed by atoms with Crippen molar-refractivity contribution in [2.45, 2.75) is 20.7 Å². The molecule has 0 saturated heterocycles. The molecule has 0 spiro atoms. The molecule has 3 heteroatoms. The van der Waals surface area contributed by atoms with Crippen molar-refractivity contribution in [3.05, 3.63) is 83.6 Å². The Hall–Kier alpha value is -3.46. The Bertz CT molecular complexity index is 1410. The van der Waals surface area contributed by atoms with Gasteiger partial charge in [0, 0.05) is 32.2 Å². The minimum absolute atomic E-state index is 0.216. The number of benzene rings is 2. The predicted molar refractivity (Wildman–Crippen MR) is 114 cm³/mol. The number of nitrogens with zero attached hydrogens (tertiary/aromatic N) is 2. The molecule has 0 saturated carbocycles. The van der Waals surface area contributed by atoms with Gasteiger partial charge in [-0.25, -0.2) is 4.98 Å². The summed E-state index contributed by atoms with van der Waals surface area (Å²) in [4.78, 5) is 9.21. The van der Waals surface area contributed by atoms with Crippen molar-refractivity contribution < 1.29 is 8.53 Å². The number of hydrogen-bond donors (Lipinski definition) is 0. The fourth-order valence-corrected chi connectivity index (χ4v) is 3.79. The monoisotopic (exact) mass is 367 g/mol. The molecule has 3 heterocycles. The first-order valence-electron chi connectivity index (χ1n) is 10.7. The van der Waals surface area contributed by atoms with Gasteiger partial charge in [0.25, 0.3) is 0 Å². The summed E-state index contributed by atoms with van der Waals surface area (Å²) in [5, 5.41) is 1.89. The van der Waals surface area contributed by atoms with Gasteiger partial charge in [0.15, 0.2) is 0 Å². The molecule has 0 aliphatic rings. The van der Waals surface area contributed by atoms with Crippen molar-refractivity contribution >= 4 is 22.1 Å². The smallest absolute Gasteiger partial charge is 0.227 e. The van der Waals surface area contributed by atoms with Gasteiger partial charge in [0.2, 0.25) is 5.71 Å². The molecule has 0 amide bonds. The van der Waals surface area contributed by atoms with Crippen LogP contribution >= 0.6 is 0 Å². The largest absolute Gasteiger partial charge is 0.437 e. The SMILES string of the molecule is [2H]C([2H])([2H])c1ccc(-c2cccc3c2oc2nc(-c4c(C)cccc4C)ccc23)nc1. The van der Waals surface area contributed by atoms with Crippen molar-refractivity contribution in [3.63, 3.8) is 0 Å². The summed E-state index contributed by atoms with van der Waals surface area (Å²) in [5.74, 6) is 0. The second-order valence-electron chi connectivity index (χ2n) is 7.03. The number of pyridine rings is 2. The van der Waals surface area contributed by atoms with Gasteiger partial charge in [0.05, 0.1) is 11.4 Å². The molecule has 3 aromatic heterocycles. The lowest BCUT2D eigenvalue weighted by molar-refractivity contribution is 0.655. The summed E-state index contributed by atoms with van der Waals surface area (Å²) in [7, 11) is 0. The summed E-state index contributed by atoms with van der Waals surface area (Å²) in [5.41, 5.74) is 7.28. The molecule has 0 aliphatic heterocycles. The van der Waals surface area contributed by atoms with Crippen molar-refractivity contribution in [1.82, 2.24) is 9.97 Å². The number of fused-ring (bicyclic) bond motifs is 3. The maximum Gasteiger partial charge on any atom is 0.227 e. The molecule has 0 N–H and O–H groups in total. The van der Waals surface area contributed by atoms with Gasteiger partial charge in [-0.1, -0.05) is 36.4 Å². The van der Waals surface area contributed by atoms with E-state index in [9.17, 15) is 0 Å². The molecule has 5 rings (SSSR count). The van der Waals surface area contributed by atoms with E-state index in [1.807, 2.05) is 36.4 Å². The average Bonchev–Trinajstić information content (AvgIpc) is 3.11. The first-order valence-corrected chi connectivity index (χ1v) is 9.19. The van der Waals surface area contributed by atoms with Gasteiger partial charge in [0.1, 0.15) is 5.58 Å². The molecule has 0 radical (unpaired) electrons. The lowest BCUT2D eigenvalue weighted by atomic mass is 9.99. The number of aromatic nitrogens is 2. The van der Waals surface area contributed by atoms with Crippen LogP contribution in [0.3, 0.4) is 0 Å². The highest BCUT2D eigenvalue weighted by Crippen LogP contribution is 2.36. The number of para-hydroxylation sites is 1. The lowest BCUT2D eigenvalue weighted by Gasteiger charge is -2.08. The van der Waals surface area contributed by atoms with Gasteiger partial charge >= 0.3 is 0 Å². The Kier molecular flexibility index (Phi) is 3.08. The van der Waals surface area contributed by atoms with Crippen molar-refractivity contribution in [1.29, 1.82) is 0 Å². The van der Waals surface area contributed by atoms with Crippen LogP contribution in [0.1, 0.15) is 20.8 Å². The third-order valence-electron chi connectivity index (χ3n) is 5.14. The van der Waals surface area contributed by atoms with Gasteiger partial charge < -0.3 is 4.42 Å². The van der Waals surface area contributed by atoms with Crippen LogP contribution in [-0.4, -0.2) is 9.97 Å². The zero-order valence-corrected chi connectivity index (χ0v) is 15.7. The van der Waals surface area contributed by atoms with E-state index in [0.29, 0.717) is 17.0 Å². The summed E-state index contributed by atoms with van der Waals surface area (Å²) >= 11 is 0. The fraction of sp³-hybridized carbons (Fsp3) is 0.120. The highest BCUT2D eigenvalue weighted by atomic mass is 16.3. The minimum Gasteiger partial charge on any atom is -0.437 e. The van der Waals surface area contributed by atoms with Crippen LogP contribution in [0.25, 0.3) is 44.6 Å². The quantitative estimate of drug-likeness (QED) is 0.351. The summed E-state index contributed by atoms with van der Waals surface area (Å²) < 4.78 is 28.8. The van der Waals surface area contributed by atoms with Crippen LogP contribution in [0, 0.1) is 20.7 Å². The molecule has 0 fully saturated rings. The van der Waals surface area contributed by atoms with Crippen molar-refractivity contribution in [2.75, 3.05) is 0 Å². The topological polar surface area (TPSA) is 38.9 Å². The molecule has 0 aliphatic carbocycles. The minimum atomic E-state index is -2.18. The number of hydrogen-bond acceptors (Lipinski definition) is 3. The Balaban J connectivity index is 1.67. The Morgan fingerprint density at radius 3 is 2.36 bits per heavy atom. The van der Waals surface area contributed by atoms with Crippen LogP contribution in [0.15, 0.2) is 71.3 Å². The summed E-state index contributed by atoms with van der Waals surface area (Å²) in [6.07, 6.45) is 1.40. The Labute approximate surface area is 167 Å². The van der Waals surface area contributed by atoms with Crippen LogP contribution < -0.4 is 0 Å². The molecule has 0 unspecified atom stereocenters.